The second kappa shape index (κ2) is 14.8. The maximum absolute atomic E-state index is 12.9. The van der Waals surface area contributed by atoms with Crippen molar-refractivity contribution in [2.45, 2.75) is 54.1 Å². The van der Waals surface area contributed by atoms with Gasteiger partial charge in [0.15, 0.2) is 0 Å². The first-order valence-electron chi connectivity index (χ1n) is 12.7. The largest absolute Gasteiger partial charge is 0.508 e. The molecule has 3 rings (SSSR count). The molecule has 0 heterocycles. The molecule has 0 spiro atoms. The molecule has 204 valence electrons. The lowest BCUT2D eigenvalue weighted by Gasteiger charge is -2.14. The zero-order valence-electron chi connectivity index (χ0n) is 22.7. The highest BCUT2D eigenvalue weighted by Crippen LogP contribution is 2.25. The molecule has 0 unspecified atom stereocenters. The smallest absolute Gasteiger partial charge is 0.338 e. The van der Waals surface area contributed by atoms with E-state index in [0.717, 1.165) is 29.5 Å². The van der Waals surface area contributed by atoms with Gasteiger partial charge in [0.25, 0.3) is 0 Å². The number of carbonyl (C=O) groups excluding carboxylic acids is 1. The molecule has 0 aliphatic heterocycles. The fourth-order valence-electron chi connectivity index (χ4n) is 3.72. The third-order valence-electron chi connectivity index (χ3n) is 5.46. The van der Waals surface area contributed by atoms with E-state index in [1.165, 1.54) is 18.2 Å². The fourth-order valence-corrected chi connectivity index (χ4v) is 3.72. The van der Waals surface area contributed by atoms with Gasteiger partial charge in [-0.05, 0) is 96.8 Å². The van der Waals surface area contributed by atoms with E-state index >= 15 is 0 Å². The van der Waals surface area contributed by atoms with Crippen LogP contribution in [-0.4, -0.2) is 28.8 Å². The first-order chi connectivity index (χ1) is 18.0. The molecule has 0 saturated heterocycles. The van der Waals surface area contributed by atoms with E-state index in [9.17, 15) is 19.1 Å². The number of hydrogen-bond donors (Lipinski definition) is 2. The number of carboxylic acids is 1. The Balaban J connectivity index is 0.000000281. The van der Waals surface area contributed by atoms with Gasteiger partial charge in [0.05, 0.1) is 17.7 Å². The van der Waals surface area contributed by atoms with Crippen LogP contribution in [0.5, 0.6) is 11.5 Å². The van der Waals surface area contributed by atoms with Crippen LogP contribution in [-0.2, 0) is 24.2 Å². The third-order valence-corrected chi connectivity index (χ3v) is 5.46. The van der Waals surface area contributed by atoms with Gasteiger partial charge in [-0.15, -0.1) is 0 Å². The molecule has 0 aliphatic carbocycles. The summed E-state index contributed by atoms with van der Waals surface area (Å²) in [6.07, 6.45) is 1.49. The summed E-state index contributed by atoms with van der Waals surface area (Å²) in [5, 5.41) is 18.7. The number of hydrogen-bond acceptors (Lipinski definition) is 5. The Hall–Kier alpha value is -3.87. The Morgan fingerprint density at radius 2 is 1.42 bits per heavy atom. The highest BCUT2D eigenvalue weighted by Gasteiger charge is 2.12. The van der Waals surface area contributed by atoms with Crippen molar-refractivity contribution in [1.82, 2.24) is 0 Å². The van der Waals surface area contributed by atoms with Crippen LogP contribution in [0.15, 0.2) is 60.7 Å². The summed E-state index contributed by atoms with van der Waals surface area (Å²) < 4.78 is 23.6. The molecule has 3 aromatic carbocycles. The molecule has 2 N–H and O–H groups in total. The lowest BCUT2D eigenvalue weighted by Crippen LogP contribution is -2.05. The molecule has 0 atom stereocenters. The number of carbonyl (C=O) groups is 2. The van der Waals surface area contributed by atoms with Crippen LogP contribution in [0.4, 0.5) is 4.39 Å². The van der Waals surface area contributed by atoms with Gasteiger partial charge < -0.3 is 19.7 Å². The maximum Gasteiger partial charge on any atom is 0.338 e. The van der Waals surface area contributed by atoms with Gasteiger partial charge >= 0.3 is 11.9 Å². The minimum atomic E-state index is -0.949. The molecule has 0 bridgehead atoms. The summed E-state index contributed by atoms with van der Waals surface area (Å²) in [5.41, 5.74) is 3.27. The van der Waals surface area contributed by atoms with Crippen LogP contribution in [0.25, 0.3) is 0 Å². The second-order valence-corrected chi connectivity index (χ2v) is 9.80. The van der Waals surface area contributed by atoms with E-state index in [4.69, 9.17) is 14.6 Å². The summed E-state index contributed by atoms with van der Waals surface area (Å²) in [7, 11) is 0. The van der Waals surface area contributed by atoms with E-state index in [0.29, 0.717) is 36.4 Å². The average molecular weight is 525 g/mol. The van der Waals surface area contributed by atoms with Crippen LogP contribution in [0, 0.1) is 17.7 Å². The maximum atomic E-state index is 12.9. The van der Waals surface area contributed by atoms with Crippen molar-refractivity contribution in [2.75, 3.05) is 6.61 Å². The molecular weight excluding hydrogens is 487 g/mol. The van der Waals surface area contributed by atoms with Crippen molar-refractivity contribution in [1.29, 1.82) is 0 Å². The topological polar surface area (TPSA) is 93.1 Å². The Labute approximate surface area is 224 Å². The Bertz CT molecular complexity index is 1200. The molecule has 0 aromatic heterocycles. The molecule has 3 aromatic rings. The second-order valence-electron chi connectivity index (χ2n) is 9.80. The van der Waals surface area contributed by atoms with Gasteiger partial charge in [0.1, 0.15) is 23.9 Å². The number of ether oxygens (including phenoxy) is 2. The summed E-state index contributed by atoms with van der Waals surface area (Å²) in [4.78, 5) is 22.6. The summed E-state index contributed by atoms with van der Waals surface area (Å²) in [6.45, 7) is 10.7. The zero-order valence-corrected chi connectivity index (χ0v) is 22.7. The predicted molar refractivity (Wildman–Crippen MR) is 145 cm³/mol. The van der Waals surface area contributed by atoms with Gasteiger partial charge in [-0.1, -0.05) is 39.8 Å². The zero-order chi connectivity index (χ0) is 28.2. The van der Waals surface area contributed by atoms with Gasteiger partial charge in [-0.2, -0.15) is 0 Å². The number of esters is 1. The molecule has 0 saturated carbocycles. The molecule has 7 heteroatoms. The monoisotopic (exact) mass is 524 g/mol. The van der Waals surface area contributed by atoms with Crippen molar-refractivity contribution in [2.24, 2.45) is 11.8 Å². The van der Waals surface area contributed by atoms with Crippen LogP contribution < -0.4 is 4.74 Å². The highest BCUT2D eigenvalue weighted by atomic mass is 19.1. The molecule has 38 heavy (non-hydrogen) atoms. The van der Waals surface area contributed by atoms with E-state index in [1.54, 1.807) is 49.4 Å². The third kappa shape index (κ3) is 9.88. The molecule has 0 radical (unpaired) electrons. The van der Waals surface area contributed by atoms with Gasteiger partial charge in [0.2, 0.25) is 0 Å². The predicted octanol–water partition coefficient (Wildman–Crippen LogP) is 7.07. The number of carboxylic acid groups (broad SMARTS) is 1. The molecule has 0 amide bonds. The number of rotatable bonds is 10. The van der Waals surface area contributed by atoms with E-state index in [2.05, 4.69) is 27.7 Å². The van der Waals surface area contributed by atoms with Crippen molar-refractivity contribution in [3.05, 3.63) is 94.3 Å². The van der Waals surface area contributed by atoms with Gasteiger partial charge in [0, 0.05) is 0 Å². The summed E-state index contributed by atoms with van der Waals surface area (Å²) >= 11 is 0. The van der Waals surface area contributed by atoms with Gasteiger partial charge in [-0.25, -0.2) is 14.0 Å². The molecular formula is C31H37FO6. The molecule has 0 fully saturated rings. The van der Waals surface area contributed by atoms with Gasteiger partial charge in [-0.3, -0.25) is 0 Å². The minimum absolute atomic E-state index is 0.238. The number of phenolic OH excluding ortho intramolecular Hbond substituents is 1. The number of phenols is 1. The van der Waals surface area contributed by atoms with Crippen molar-refractivity contribution >= 4 is 11.9 Å². The lowest BCUT2D eigenvalue weighted by atomic mass is 10.00. The normalized spacial score (nSPS) is 10.6. The fraction of sp³-hybridized carbons (Fsp3) is 0.355. The van der Waals surface area contributed by atoms with Crippen LogP contribution in [0.2, 0.25) is 0 Å². The number of halogens is 1. The standard InChI is InChI=1S/C18H19FO3.C13H18O3/c1-12(2)9-15-10-14(18(20)21)5-8-17(15)22-11-13-3-6-16(19)7-4-13;1-4-16-13(15)10-5-6-12(14)11(8-10)7-9(2)3/h3-8,10,12H,9,11H2,1-2H3,(H,20,21);5-6,8-9,14H,4,7H2,1-3H3. The van der Waals surface area contributed by atoms with Crippen molar-refractivity contribution < 1.29 is 33.7 Å². The summed E-state index contributed by atoms with van der Waals surface area (Å²) in [6, 6.07) is 15.8. The highest BCUT2D eigenvalue weighted by molar-refractivity contribution is 5.90. The van der Waals surface area contributed by atoms with Crippen molar-refractivity contribution in [3.63, 3.8) is 0 Å². The Morgan fingerprint density at radius 1 is 0.842 bits per heavy atom. The molecule has 6 nitrogen and oxygen atoms in total. The first-order valence-corrected chi connectivity index (χ1v) is 12.7. The SMILES string of the molecule is CC(C)Cc1cc(C(=O)O)ccc1OCc1ccc(F)cc1.CCOC(=O)c1ccc(O)c(CC(C)C)c1. The van der Waals surface area contributed by atoms with E-state index in [-0.39, 0.29) is 23.1 Å². The molecule has 0 aliphatic rings. The first kappa shape index (κ1) is 30.4. The quantitative estimate of drug-likeness (QED) is 0.276. The Morgan fingerprint density at radius 3 is 2.00 bits per heavy atom. The average Bonchev–Trinajstić information content (AvgIpc) is 2.85. The lowest BCUT2D eigenvalue weighted by molar-refractivity contribution is 0.0525. The minimum Gasteiger partial charge on any atom is -0.508 e. The number of benzene rings is 3. The van der Waals surface area contributed by atoms with E-state index in [1.807, 2.05) is 0 Å². The Kier molecular flexibility index (Phi) is 11.8. The number of aromatic hydroxyl groups is 1. The summed E-state index contributed by atoms with van der Waals surface area (Å²) in [5.74, 6) is 0.156. The van der Waals surface area contributed by atoms with Crippen LogP contribution >= 0.6 is 0 Å². The van der Waals surface area contributed by atoms with E-state index < -0.39 is 5.97 Å². The van der Waals surface area contributed by atoms with Crippen LogP contribution in [0.1, 0.15) is 72.0 Å². The van der Waals surface area contributed by atoms with Crippen molar-refractivity contribution in [3.8, 4) is 11.5 Å². The number of aromatic carboxylic acids is 1. The van der Waals surface area contributed by atoms with Crippen LogP contribution in [0.3, 0.4) is 0 Å².